The average Bonchev–Trinajstić information content (AvgIpc) is 3.01. The number of fused-ring (bicyclic) bond motifs is 1. The van der Waals surface area contributed by atoms with Crippen molar-refractivity contribution in [3.8, 4) is 6.07 Å². The van der Waals surface area contributed by atoms with Gasteiger partial charge in [-0.25, -0.2) is 4.79 Å². The van der Waals surface area contributed by atoms with Gasteiger partial charge in [0.05, 0.1) is 17.0 Å². The molecule has 1 fully saturated rings. The predicted octanol–water partition coefficient (Wildman–Crippen LogP) is 1.86. The van der Waals surface area contributed by atoms with Gasteiger partial charge in [0.15, 0.2) is 5.58 Å². The summed E-state index contributed by atoms with van der Waals surface area (Å²) in [4.78, 5) is 15.8. The molecule has 0 unspecified atom stereocenters. The molecule has 0 aliphatic heterocycles. The molecule has 0 bridgehead atoms. The van der Waals surface area contributed by atoms with E-state index in [1.54, 1.807) is 6.07 Å². The summed E-state index contributed by atoms with van der Waals surface area (Å²) in [5.74, 6) is -0.444. The van der Waals surface area contributed by atoms with Gasteiger partial charge in [0.25, 0.3) is 0 Å². The number of anilines is 1. The minimum Gasteiger partial charge on any atom is -0.408 e. The van der Waals surface area contributed by atoms with Crippen molar-refractivity contribution in [3.05, 3.63) is 28.7 Å². The molecule has 1 saturated carbocycles. The molecule has 1 heterocycles. The van der Waals surface area contributed by atoms with E-state index in [1.165, 1.54) is 0 Å². The summed E-state index contributed by atoms with van der Waals surface area (Å²) < 4.78 is 4.96. The SMILES string of the molecule is CN(CC1(C#N)CC1)c1ccc2oc(=O)[nH]c2c1. The molecule has 1 aromatic carbocycles. The van der Waals surface area contributed by atoms with Crippen molar-refractivity contribution < 1.29 is 4.42 Å². The number of hydrogen-bond donors (Lipinski definition) is 1. The van der Waals surface area contributed by atoms with Crippen LogP contribution in [0, 0.1) is 16.7 Å². The molecule has 5 nitrogen and oxygen atoms in total. The number of H-pyrrole nitrogens is 1. The van der Waals surface area contributed by atoms with Crippen molar-refractivity contribution in [2.45, 2.75) is 12.8 Å². The van der Waals surface area contributed by atoms with Crippen LogP contribution in [-0.2, 0) is 0 Å². The van der Waals surface area contributed by atoms with Gasteiger partial charge in [-0.05, 0) is 31.0 Å². The summed E-state index contributed by atoms with van der Waals surface area (Å²) >= 11 is 0. The minimum atomic E-state index is -0.444. The highest BCUT2D eigenvalue weighted by Gasteiger charge is 2.44. The molecule has 18 heavy (non-hydrogen) atoms. The summed E-state index contributed by atoms with van der Waals surface area (Å²) in [6, 6.07) is 7.91. The first-order valence-electron chi connectivity index (χ1n) is 5.87. The summed E-state index contributed by atoms with van der Waals surface area (Å²) in [5.41, 5.74) is 2.04. The van der Waals surface area contributed by atoms with Gasteiger partial charge in [-0.1, -0.05) is 0 Å². The summed E-state index contributed by atoms with van der Waals surface area (Å²) in [6.07, 6.45) is 1.94. The van der Waals surface area contributed by atoms with Gasteiger partial charge in [-0.3, -0.25) is 4.98 Å². The molecular formula is C13H13N3O2. The first-order chi connectivity index (χ1) is 8.62. The Hall–Kier alpha value is -2.22. The number of rotatable bonds is 3. The number of benzene rings is 1. The maximum Gasteiger partial charge on any atom is 0.417 e. The molecule has 2 aromatic rings. The van der Waals surface area contributed by atoms with Crippen molar-refractivity contribution >= 4 is 16.8 Å². The fraction of sp³-hybridized carbons (Fsp3) is 0.385. The van der Waals surface area contributed by atoms with E-state index in [9.17, 15) is 4.79 Å². The Morgan fingerprint density at radius 1 is 1.56 bits per heavy atom. The number of hydrogen-bond acceptors (Lipinski definition) is 4. The van der Waals surface area contributed by atoms with Crippen molar-refractivity contribution in [2.75, 3.05) is 18.5 Å². The van der Waals surface area contributed by atoms with Gasteiger partial charge in [-0.2, -0.15) is 5.26 Å². The Labute approximate surface area is 104 Å². The van der Waals surface area contributed by atoms with Crippen LogP contribution in [0.5, 0.6) is 0 Å². The molecule has 3 rings (SSSR count). The van der Waals surface area contributed by atoms with Gasteiger partial charge in [0.2, 0.25) is 0 Å². The summed E-state index contributed by atoms with van der Waals surface area (Å²) in [5, 5.41) is 9.09. The smallest absolute Gasteiger partial charge is 0.408 e. The highest BCUT2D eigenvalue weighted by Crippen LogP contribution is 2.45. The molecule has 1 N–H and O–H groups in total. The van der Waals surface area contributed by atoms with Crippen molar-refractivity contribution in [3.63, 3.8) is 0 Å². The van der Waals surface area contributed by atoms with E-state index >= 15 is 0 Å². The predicted molar refractivity (Wildman–Crippen MR) is 67.4 cm³/mol. The standard InChI is InChI=1S/C13H13N3O2/c1-16(8-13(7-14)4-5-13)9-2-3-11-10(6-9)15-12(17)18-11/h2-3,6H,4-5,8H2,1H3,(H,15,17). The maximum absolute atomic E-state index is 11.1. The van der Waals surface area contributed by atoms with E-state index in [1.807, 2.05) is 24.1 Å². The maximum atomic E-state index is 11.1. The van der Waals surface area contributed by atoms with Crippen molar-refractivity contribution in [1.29, 1.82) is 5.26 Å². The molecule has 0 spiro atoms. The number of nitrogens with one attached hydrogen (secondary N) is 1. The first kappa shape index (κ1) is 10.9. The lowest BCUT2D eigenvalue weighted by atomic mass is 10.1. The van der Waals surface area contributed by atoms with Crippen LogP contribution in [0.2, 0.25) is 0 Å². The lowest BCUT2D eigenvalue weighted by Crippen LogP contribution is -2.25. The van der Waals surface area contributed by atoms with Crippen LogP contribution in [-0.4, -0.2) is 18.6 Å². The van der Waals surface area contributed by atoms with E-state index in [-0.39, 0.29) is 5.41 Å². The molecule has 0 radical (unpaired) electrons. The van der Waals surface area contributed by atoms with E-state index in [2.05, 4.69) is 11.1 Å². The van der Waals surface area contributed by atoms with Gasteiger partial charge < -0.3 is 9.32 Å². The molecular weight excluding hydrogens is 230 g/mol. The molecule has 5 heteroatoms. The van der Waals surface area contributed by atoms with Crippen LogP contribution in [0.4, 0.5) is 5.69 Å². The first-order valence-corrected chi connectivity index (χ1v) is 5.87. The van der Waals surface area contributed by atoms with Gasteiger partial charge >= 0.3 is 5.76 Å². The van der Waals surface area contributed by atoms with Crippen molar-refractivity contribution in [2.24, 2.45) is 5.41 Å². The number of nitrogens with zero attached hydrogens (tertiary/aromatic N) is 2. The minimum absolute atomic E-state index is 0.173. The van der Waals surface area contributed by atoms with E-state index in [0.29, 0.717) is 11.1 Å². The highest BCUT2D eigenvalue weighted by atomic mass is 16.4. The normalized spacial score (nSPS) is 16.4. The molecule has 1 aliphatic carbocycles. The van der Waals surface area contributed by atoms with E-state index in [4.69, 9.17) is 9.68 Å². The van der Waals surface area contributed by atoms with Crippen LogP contribution in [0.25, 0.3) is 11.1 Å². The Balaban J connectivity index is 1.89. The number of nitriles is 1. The molecule has 0 saturated heterocycles. The fourth-order valence-electron chi connectivity index (χ4n) is 2.18. The molecule has 1 aliphatic rings. The second-order valence-corrected chi connectivity index (χ2v) is 4.94. The second-order valence-electron chi connectivity index (χ2n) is 4.94. The molecule has 0 atom stereocenters. The lowest BCUT2D eigenvalue weighted by molar-refractivity contribution is 0.555. The number of oxazole rings is 1. The Kier molecular flexibility index (Phi) is 2.20. The van der Waals surface area contributed by atoms with Crippen LogP contribution < -0.4 is 10.7 Å². The quantitative estimate of drug-likeness (QED) is 0.893. The van der Waals surface area contributed by atoms with Crippen LogP contribution in [0.15, 0.2) is 27.4 Å². The Morgan fingerprint density at radius 3 is 3.00 bits per heavy atom. The zero-order chi connectivity index (χ0) is 12.8. The largest absolute Gasteiger partial charge is 0.417 e. The molecule has 1 aromatic heterocycles. The monoisotopic (exact) mass is 243 g/mol. The Bertz CT molecular complexity index is 688. The van der Waals surface area contributed by atoms with Gasteiger partial charge in [0, 0.05) is 19.3 Å². The third-order valence-electron chi connectivity index (χ3n) is 3.47. The van der Waals surface area contributed by atoms with Crippen molar-refractivity contribution in [1.82, 2.24) is 4.98 Å². The highest BCUT2D eigenvalue weighted by molar-refractivity contribution is 5.77. The van der Waals surface area contributed by atoms with Gasteiger partial charge in [0.1, 0.15) is 0 Å². The second kappa shape index (κ2) is 3.64. The number of aromatic nitrogens is 1. The van der Waals surface area contributed by atoms with Crippen LogP contribution in [0.1, 0.15) is 12.8 Å². The average molecular weight is 243 g/mol. The third kappa shape index (κ3) is 1.76. The zero-order valence-corrected chi connectivity index (χ0v) is 10.1. The van der Waals surface area contributed by atoms with Gasteiger partial charge in [-0.15, -0.1) is 0 Å². The topological polar surface area (TPSA) is 73.0 Å². The van der Waals surface area contributed by atoms with E-state index < -0.39 is 5.76 Å². The zero-order valence-electron chi connectivity index (χ0n) is 10.1. The molecule has 92 valence electrons. The van der Waals surface area contributed by atoms with E-state index in [0.717, 1.165) is 25.1 Å². The number of aromatic amines is 1. The summed E-state index contributed by atoms with van der Waals surface area (Å²) in [6.45, 7) is 0.719. The van der Waals surface area contributed by atoms with Crippen LogP contribution in [0.3, 0.4) is 0 Å². The van der Waals surface area contributed by atoms with Crippen LogP contribution >= 0.6 is 0 Å². The summed E-state index contributed by atoms with van der Waals surface area (Å²) in [7, 11) is 1.96. The third-order valence-corrected chi connectivity index (χ3v) is 3.47. The lowest BCUT2D eigenvalue weighted by Gasteiger charge is -2.21. The molecule has 0 amide bonds. The Morgan fingerprint density at radius 2 is 2.33 bits per heavy atom. The fourth-order valence-corrected chi connectivity index (χ4v) is 2.18.